The lowest BCUT2D eigenvalue weighted by molar-refractivity contribution is 0.160. The predicted octanol–water partition coefficient (Wildman–Crippen LogP) is 6.03. The SMILES string of the molecule is C=CCOCC1=C2C(CC1=C)C[Si](C(C)C)(C(C)C)OC2CCC. The van der Waals surface area contributed by atoms with E-state index in [9.17, 15) is 0 Å². The lowest BCUT2D eigenvalue weighted by atomic mass is 9.94. The Bertz CT molecular complexity index is 496. The molecule has 1 aliphatic carbocycles. The molecule has 2 unspecified atom stereocenters. The van der Waals surface area contributed by atoms with Crippen LogP contribution in [-0.2, 0) is 9.16 Å². The van der Waals surface area contributed by atoms with Crippen molar-refractivity contribution in [1.29, 1.82) is 0 Å². The maximum atomic E-state index is 7.00. The number of hydrogen-bond donors (Lipinski definition) is 0. The van der Waals surface area contributed by atoms with Crippen molar-refractivity contribution in [2.45, 2.75) is 77.1 Å². The molecule has 1 aliphatic heterocycles. The van der Waals surface area contributed by atoms with E-state index in [1.807, 2.05) is 6.08 Å². The first-order chi connectivity index (χ1) is 11.4. The van der Waals surface area contributed by atoms with Gasteiger partial charge in [-0.3, -0.25) is 0 Å². The Labute approximate surface area is 150 Å². The van der Waals surface area contributed by atoms with Crippen molar-refractivity contribution in [2.75, 3.05) is 13.2 Å². The summed E-state index contributed by atoms with van der Waals surface area (Å²) in [5, 5.41) is 0. The monoisotopic (exact) mass is 348 g/mol. The van der Waals surface area contributed by atoms with Gasteiger partial charge < -0.3 is 9.16 Å². The van der Waals surface area contributed by atoms with Crippen molar-refractivity contribution in [3.63, 3.8) is 0 Å². The molecule has 0 N–H and O–H groups in total. The van der Waals surface area contributed by atoms with Crippen LogP contribution in [0.4, 0.5) is 0 Å². The number of ether oxygens (including phenoxy) is 1. The highest BCUT2D eigenvalue weighted by Crippen LogP contribution is 2.53. The fraction of sp³-hybridized carbons (Fsp3) is 0.714. The molecule has 0 spiro atoms. The Morgan fingerprint density at radius 3 is 2.50 bits per heavy atom. The van der Waals surface area contributed by atoms with Crippen molar-refractivity contribution in [3.05, 3.63) is 36.0 Å². The summed E-state index contributed by atoms with van der Waals surface area (Å²) in [5.41, 5.74) is 5.47. The van der Waals surface area contributed by atoms with Crippen LogP contribution in [0.25, 0.3) is 0 Å². The third-order valence-electron chi connectivity index (χ3n) is 5.97. The molecule has 0 bridgehead atoms. The summed E-state index contributed by atoms with van der Waals surface area (Å²) in [6.45, 7) is 21.1. The van der Waals surface area contributed by atoms with E-state index < -0.39 is 8.32 Å². The smallest absolute Gasteiger partial charge is 0.199 e. The number of fused-ring (bicyclic) bond motifs is 1. The molecule has 0 aromatic heterocycles. The lowest BCUT2D eigenvalue weighted by Gasteiger charge is -2.48. The highest BCUT2D eigenvalue weighted by molar-refractivity contribution is 6.76. The molecule has 1 fully saturated rings. The summed E-state index contributed by atoms with van der Waals surface area (Å²) < 4.78 is 12.8. The topological polar surface area (TPSA) is 18.5 Å². The average molecular weight is 349 g/mol. The summed E-state index contributed by atoms with van der Waals surface area (Å²) in [6, 6.07) is 1.25. The normalized spacial score (nSPS) is 26.4. The minimum atomic E-state index is -1.75. The standard InChI is InChI=1S/C21H36O2Si/c1-8-10-20-21-18(12-17(7)19(21)13-22-11-9-2)14-24(23-20,15(3)4)16(5)6/h9,15-16,18,20H,2,7-8,10-14H2,1,3-6H3. The average Bonchev–Trinajstić information content (AvgIpc) is 2.83. The van der Waals surface area contributed by atoms with E-state index in [4.69, 9.17) is 9.16 Å². The van der Waals surface area contributed by atoms with Crippen LogP contribution < -0.4 is 0 Å². The molecule has 1 saturated heterocycles. The van der Waals surface area contributed by atoms with Crippen LogP contribution in [0.15, 0.2) is 36.0 Å². The van der Waals surface area contributed by atoms with Crippen LogP contribution in [0, 0.1) is 5.92 Å². The van der Waals surface area contributed by atoms with E-state index in [0.717, 1.165) is 19.3 Å². The molecular weight excluding hydrogens is 312 g/mol. The Morgan fingerprint density at radius 2 is 1.96 bits per heavy atom. The van der Waals surface area contributed by atoms with Gasteiger partial charge in [-0.2, -0.15) is 0 Å². The van der Waals surface area contributed by atoms with Gasteiger partial charge in [0, 0.05) is 0 Å². The molecule has 0 radical (unpaired) electrons. The lowest BCUT2D eigenvalue weighted by Crippen LogP contribution is -2.53. The Balaban J connectivity index is 2.36. The Hall–Kier alpha value is -0.643. The van der Waals surface area contributed by atoms with Crippen molar-refractivity contribution in [1.82, 2.24) is 0 Å². The molecule has 0 aromatic rings. The van der Waals surface area contributed by atoms with E-state index in [2.05, 4.69) is 47.8 Å². The molecule has 0 aromatic carbocycles. The van der Waals surface area contributed by atoms with Crippen LogP contribution in [0.5, 0.6) is 0 Å². The molecule has 2 aliphatic rings. The first-order valence-corrected chi connectivity index (χ1v) is 11.9. The second-order valence-electron chi connectivity index (χ2n) is 8.11. The molecule has 2 nitrogen and oxygen atoms in total. The van der Waals surface area contributed by atoms with Crippen molar-refractivity contribution < 1.29 is 9.16 Å². The number of rotatable bonds is 8. The molecule has 0 amide bonds. The van der Waals surface area contributed by atoms with E-state index in [-0.39, 0.29) is 6.10 Å². The predicted molar refractivity (Wildman–Crippen MR) is 106 cm³/mol. The van der Waals surface area contributed by atoms with Gasteiger partial charge >= 0.3 is 0 Å². The quantitative estimate of drug-likeness (QED) is 0.303. The highest BCUT2D eigenvalue weighted by atomic mass is 28.4. The van der Waals surface area contributed by atoms with Crippen LogP contribution >= 0.6 is 0 Å². The van der Waals surface area contributed by atoms with Gasteiger partial charge in [0.25, 0.3) is 0 Å². The van der Waals surface area contributed by atoms with E-state index in [1.54, 1.807) is 0 Å². The zero-order valence-corrected chi connectivity index (χ0v) is 17.4. The second kappa shape index (κ2) is 8.16. The van der Waals surface area contributed by atoms with E-state index >= 15 is 0 Å². The van der Waals surface area contributed by atoms with Crippen LogP contribution in [0.2, 0.25) is 17.1 Å². The molecule has 1 heterocycles. The minimum absolute atomic E-state index is 0.284. The maximum Gasteiger partial charge on any atom is 0.199 e. The van der Waals surface area contributed by atoms with Gasteiger partial charge in [0.1, 0.15) is 0 Å². The molecule has 2 atom stereocenters. The minimum Gasteiger partial charge on any atom is -0.410 e. The van der Waals surface area contributed by atoms with E-state index in [0.29, 0.717) is 30.2 Å². The molecule has 2 rings (SSSR count). The first-order valence-electron chi connectivity index (χ1n) is 9.64. The van der Waals surface area contributed by atoms with Crippen LogP contribution in [0.1, 0.15) is 53.9 Å². The zero-order valence-electron chi connectivity index (χ0n) is 16.4. The van der Waals surface area contributed by atoms with Crippen molar-refractivity contribution in [3.8, 4) is 0 Å². The molecule has 24 heavy (non-hydrogen) atoms. The third kappa shape index (κ3) is 3.63. The fourth-order valence-corrected chi connectivity index (χ4v) is 9.52. The van der Waals surface area contributed by atoms with Crippen LogP contribution in [0.3, 0.4) is 0 Å². The van der Waals surface area contributed by atoms with Gasteiger partial charge in [0.05, 0.1) is 19.3 Å². The second-order valence-corrected chi connectivity index (χ2v) is 13.0. The van der Waals surface area contributed by atoms with Crippen molar-refractivity contribution in [2.24, 2.45) is 5.92 Å². The summed E-state index contributed by atoms with van der Waals surface area (Å²) in [5.74, 6) is 0.640. The van der Waals surface area contributed by atoms with Crippen molar-refractivity contribution >= 4 is 8.32 Å². The Morgan fingerprint density at radius 1 is 1.29 bits per heavy atom. The van der Waals surface area contributed by atoms with Gasteiger partial charge in [-0.1, -0.05) is 53.7 Å². The van der Waals surface area contributed by atoms with Gasteiger partial charge in [-0.25, -0.2) is 0 Å². The molecule has 3 heteroatoms. The molecular formula is C21H36O2Si. The van der Waals surface area contributed by atoms with Gasteiger partial charge in [0.2, 0.25) is 0 Å². The third-order valence-corrected chi connectivity index (χ3v) is 11.7. The fourth-order valence-electron chi connectivity index (χ4n) is 4.70. The molecule has 0 saturated carbocycles. The summed E-state index contributed by atoms with van der Waals surface area (Å²) >= 11 is 0. The maximum absolute atomic E-state index is 7.00. The van der Waals surface area contributed by atoms with E-state index in [1.165, 1.54) is 22.8 Å². The van der Waals surface area contributed by atoms with Gasteiger partial charge in [0.15, 0.2) is 8.32 Å². The summed E-state index contributed by atoms with van der Waals surface area (Å²) in [7, 11) is -1.75. The summed E-state index contributed by atoms with van der Waals surface area (Å²) in [4.78, 5) is 0. The highest BCUT2D eigenvalue weighted by Gasteiger charge is 2.52. The number of hydrogen-bond acceptors (Lipinski definition) is 2. The largest absolute Gasteiger partial charge is 0.410 e. The Kier molecular flexibility index (Phi) is 6.69. The van der Waals surface area contributed by atoms with Crippen LogP contribution in [-0.4, -0.2) is 27.6 Å². The summed E-state index contributed by atoms with van der Waals surface area (Å²) in [6.07, 6.45) is 5.50. The van der Waals surface area contributed by atoms with Gasteiger partial charge in [-0.05, 0) is 52.6 Å². The molecule has 136 valence electrons. The first kappa shape index (κ1) is 19.7. The zero-order chi connectivity index (χ0) is 17.9. The van der Waals surface area contributed by atoms with Gasteiger partial charge in [-0.15, -0.1) is 6.58 Å².